The molecule has 3 unspecified atom stereocenters. The van der Waals surface area contributed by atoms with Gasteiger partial charge in [-0.2, -0.15) is 0 Å². The molecule has 0 radical (unpaired) electrons. The van der Waals surface area contributed by atoms with Crippen molar-refractivity contribution in [2.45, 2.75) is 50.8 Å². The molecule has 3 atom stereocenters. The van der Waals surface area contributed by atoms with Crippen molar-refractivity contribution in [1.29, 1.82) is 0 Å². The van der Waals surface area contributed by atoms with Crippen molar-refractivity contribution in [1.82, 2.24) is 5.32 Å². The van der Waals surface area contributed by atoms with Gasteiger partial charge in [0.15, 0.2) is 0 Å². The molecule has 1 saturated carbocycles. The zero-order valence-corrected chi connectivity index (χ0v) is 11.8. The first-order valence-corrected chi connectivity index (χ1v) is 7.17. The fraction of sp³-hybridized carbons (Fsp3) is 0.533. The van der Waals surface area contributed by atoms with Gasteiger partial charge in [-0.1, -0.05) is 25.0 Å². The summed E-state index contributed by atoms with van der Waals surface area (Å²) in [6.07, 6.45) is 3.94. The summed E-state index contributed by atoms with van der Waals surface area (Å²) >= 11 is 0. The van der Waals surface area contributed by atoms with Gasteiger partial charge < -0.3 is 21.5 Å². The first-order valence-electron chi connectivity index (χ1n) is 7.17. The molecule has 0 bridgehead atoms. The number of aliphatic hydroxyl groups is 1. The minimum atomic E-state index is -0.561. The number of carbonyl (C=O) groups excluding carboxylic acids is 1. The van der Waals surface area contributed by atoms with Crippen molar-refractivity contribution >= 4 is 11.7 Å². The first-order chi connectivity index (χ1) is 9.56. The second kappa shape index (κ2) is 6.72. The molecule has 5 N–H and O–H groups in total. The molecule has 0 saturated heterocycles. The average Bonchev–Trinajstić information content (AvgIpc) is 2.41. The topological polar surface area (TPSA) is 87.4 Å². The van der Waals surface area contributed by atoms with E-state index in [4.69, 9.17) is 5.73 Å². The van der Waals surface area contributed by atoms with Crippen molar-refractivity contribution in [2.24, 2.45) is 5.73 Å². The van der Waals surface area contributed by atoms with Gasteiger partial charge in [0.2, 0.25) is 0 Å². The molecule has 5 heteroatoms. The molecule has 1 aromatic rings. The Kier molecular flexibility index (Phi) is 4.98. The fourth-order valence-electron chi connectivity index (χ4n) is 2.72. The van der Waals surface area contributed by atoms with Crippen LogP contribution in [0.4, 0.5) is 10.5 Å². The summed E-state index contributed by atoms with van der Waals surface area (Å²) < 4.78 is 0. The second-order valence-electron chi connectivity index (χ2n) is 5.46. The van der Waals surface area contributed by atoms with Crippen LogP contribution in [0.5, 0.6) is 0 Å². The molecular formula is C15H23N3O2. The van der Waals surface area contributed by atoms with E-state index >= 15 is 0 Å². The number of nitrogens with two attached hydrogens (primary N) is 1. The Bertz CT molecular complexity index is 447. The van der Waals surface area contributed by atoms with Gasteiger partial charge in [-0.3, -0.25) is 0 Å². The molecule has 1 aromatic carbocycles. The molecule has 110 valence electrons. The van der Waals surface area contributed by atoms with E-state index in [2.05, 4.69) is 17.6 Å². The van der Waals surface area contributed by atoms with Crippen LogP contribution in [0.15, 0.2) is 24.3 Å². The van der Waals surface area contributed by atoms with Crippen LogP contribution in [0.3, 0.4) is 0 Å². The summed E-state index contributed by atoms with van der Waals surface area (Å²) in [6.45, 7) is 2.08. The summed E-state index contributed by atoms with van der Waals surface area (Å²) in [4.78, 5) is 10.8. The minimum Gasteiger partial charge on any atom is -0.392 e. The van der Waals surface area contributed by atoms with E-state index in [1.54, 1.807) is 0 Å². The Hall–Kier alpha value is -1.59. The number of hydrogen-bond donors (Lipinski definition) is 4. The van der Waals surface area contributed by atoms with Gasteiger partial charge in [-0.25, -0.2) is 4.79 Å². The Balaban J connectivity index is 1.94. The molecule has 5 nitrogen and oxygen atoms in total. The summed E-state index contributed by atoms with van der Waals surface area (Å²) in [7, 11) is 0. The summed E-state index contributed by atoms with van der Waals surface area (Å²) in [5.74, 6) is 0. The largest absolute Gasteiger partial charge is 0.392 e. The smallest absolute Gasteiger partial charge is 0.316 e. The Labute approximate surface area is 119 Å². The van der Waals surface area contributed by atoms with Gasteiger partial charge in [-0.05, 0) is 37.5 Å². The molecule has 1 aliphatic carbocycles. The number of amides is 2. The number of hydrogen-bond acceptors (Lipinski definition) is 3. The third-order valence-electron chi connectivity index (χ3n) is 3.87. The van der Waals surface area contributed by atoms with Crippen molar-refractivity contribution in [3.63, 3.8) is 0 Å². The lowest BCUT2D eigenvalue weighted by Gasteiger charge is -2.31. The third kappa shape index (κ3) is 3.95. The highest BCUT2D eigenvalue weighted by Crippen LogP contribution is 2.22. The molecule has 0 spiro atoms. The number of urea groups is 1. The highest BCUT2D eigenvalue weighted by atomic mass is 16.3. The maximum atomic E-state index is 10.8. The minimum absolute atomic E-state index is 0.162. The van der Waals surface area contributed by atoms with E-state index in [0.717, 1.165) is 24.8 Å². The zero-order chi connectivity index (χ0) is 14.5. The normalized spacial score (nSPS) is 24.1. The lowest BCUT2D eigenvalue weighted by atomic mass is 9.91. The molecule has 20 heavy (non-hydrogen) atoms. The Morgan fingerprint density at radius 3 is 2.55 bits per heavy atom. The zero-order valence-electron chi connectivity index (χ0n) is 11.8. The van der Waals surface area contributed by atoms with Crippen LogP contribution in [0.2, 0.25) is 0 Å². The van der Waals surface area contributed by atoms with Crippen LogP contribution in [-0.4, -0.2) is 23.3 Å². The molecule has 2 amide bonds. The first kappa shape index (κ1) is 14.8. The number of benzene rings is 1. The number of aliphatic hydroxyl groups excluding tert-OH is 1. The van der Waals surface area contributed by atoms with Crippen LogP contribution >= 0.6 is 0 Å². The Morgan fingerprint density at radius 2 is 1.95 bits per heavy atom. The number of primary amides is 1. The molecular weight excluding hydrogens is 254 g/mol. The number of carbonyl (C=O) groups is 1. The van der Waals surface area contributed by atoms with Gasteiger partial charge in [0.1, 0.15) is 0 Å². The molecule has 0 heterocycles. The van der Waals surface area contributed by atoms with Gasteiger partial charge in [-0.15, -0.1) is 0 Å². The predicted octanol–water partition coefficient (Wildman–Crippen LogP) is 2.13. The maximum Gasteiger partial charge on any atom is 0.316 e. The van der Waals surface area contributed by atoms with Gasteiger partial charge in [0, 0.05) is 17.8 Å². The van der Waals surface area contributed by atoms with Crippen molar-refractivity contribution < 1.29 is 9.90 Å². The van der Waals surface area contributed by atoms with Gasteiger partial charge in [0.05, 0.1) is 6.10 Å². The Morgan fingerprint density at radius 1 is 1.30 bits per heavy atom. The monoisotopic (exact) mass is 277 g/mol. The molecule has 0 aromatic heterocycles. The fourth-order valence-corrected chi connectivity index (χ4v) is 2.72. The van der Waals surface area contributed by atoms with E-state index in [1.807, 2.05) is 24.3 Å². The van der Waals surface area contributed by atoms with E-state index in [-0.39, 0.29) is 18.2 Å². The number of nitrogens with one attached hydrogen (secondary N) is 2. The standard InChI is InChI=1S/C15H23N3O2/c1-10(17-13-4-2-3-5-14(13)19)11-6-8-12(9-7-11)18-15(16)20/h6-10,13-14,17,19H,2-5H2,1H3,(H3,16,18,20). The van der Waals surface area contributed by atoms with Crippen LogP contribution in [0, 0.1) is 0 Å². The molecule has 1 fully saturated rings. The molecule has 0 aliphatic heterocycles. The molecule has 2 rings (SSSR count). The van der Waals surface area contributed by atoms with Crippen molar-refractivity contribution in [3.05, 3.63) is 29.8 Å². The summed E-state index contributed by atoms with van der Waals surface area (Å²) in [6, 6.07) is 7.34. The molecule has 1 aliphatic rings. The van der Waals surface area contributed by atoms with Crippen molar-refractivity contribution in [3.8, 4) is 0 Å². The van der Waals surface area contributed by atoms with E-state index in [9.17, 15) is 9.90 Å². The lowest BCUT2D eigenvalue weighted by Crippen LogP contribution is -2.43. The number of anilines is 1. The van der Waals surface area contributed by atoms with E-state index < -0.39 is 6.03 Å². The van der Waals surface area contributed by atoms with Crippen LogP contribution < -0.4 is 16.4 Å². The summed E-state index contributed by atoms with van der Waals surface area (Å²) in [5.41, 5.74) is 6.88. The van der Waals surface area contributed by atoms with E-state index in [1.165, 1.54) is 6.42 Å². The maximum absolute atomic E-state index is 10.8. The average molecular weight is 277 g/mol. The summed E-state index contributed by atoms with van der Waals surface area (Å²) in [5, 5.41) is 16.0. The highest BCUT2D eigenvalue weighted by Gasteiger charge is 2.24. The predicted molar refractivity (Wildman–Crippen MR) is 79.5 cm³/mol. The highest BCUT2D eigenvalue weighted by molar-refractivity contribution is 5.87. The van der Waals surface area contributed by atoms with E-state index in [0.29, 0.717) is 5.69 Å². The van der Waals surface area contributed by atoms with Crippen LogP contribution in [0.25, 0.3) is 0 Å². The third-order valence-corrected chi connectivity index (χ3v) is 3.87. The van der Waals surface area contributed by atoms with Crippen LogP contribution in [0.1, 0.15) is 44.2 Å². The number of rotatable bonds is 4. The second-order valence-corrected chi connectivity index (χ2v) is 5.46. The van der Waals surface area contributed by atoms with Crippen molar-refractivity contribution in [2.75, 3.05) is 5.32 Å². The SMILES string of the molecule is CC(NC1CCCCC1O)c1ccc(NC(N)=O)cc1. The quantitative estimate of drug-likeness (QED) is 0.680. The van der Waals surface area contributed by atoms with Crippen LogP contribution in [-0.2, 0) is 0 Å². The van der Waals surface area contributed by atoms with Gasteiger partial charge in [0.25, 0.3) is 0 Å². The lowest BCUT2D eigenvalue weighted by molar-refractivity contribution is 0.0860. The van der Waals surface area contributed by atoms with Gasteiger partial charge >= 0.3 is 6.03 Å².